The molecule has 4 nitrogen and oxygen atoms in total. The summed E-state index contributed by atoms with van der Waals surface area (Å²) in [5.74, 6) is -1.52. The number of carboxylic acid groups (broad SMARTS) is 1. The highest BCUT2D eigenvalue weighted by Crippen LogP contribution is 2.19. The summed E-state index contributed by atoms with van der Waals surface area (Å²) in [7, 11) is 0. The van der Waals surface area contributed by atoms with Crippen molar-refractivity contribution in [3.05, 3.63) is 23.4 Å². The average Bonchev–Trinajstić information content (AvgIpc) is 2.13. The molecule has 1 aromatic rings. The lowest BCUT2D eigenvalue weighted by molar-refractivity contribution is 0.0655. The van der Waals surface area contributed by atoms with Crippen LogP contribution in [0.4, 0.5) is 8.78 Å². The van der Waals surface area contributed by atoms with Gasteiger partial charge in [-0.1, -0.05) is 0 Å². The van der Waals surface area contributed by atoms with Gasteiger partial charge in [0.15, 0.2) is 6.61 Å². The molecule has 0 spiro atoms. The Labute approximate surface area is 84.5 Å². The number of aryl methyl sites for hydroxylation is 1. The minimum atomic E-state index is -2.66. The molecule has 0 radical (unpaired) electrons. The fourth-order valence-electron chi connectivity index (χ4n) is 1.04. The minimum absolute atomic E-state index is 0.182. The smallest absolute Gasteiger partial charge is 0.341 e. The fraction of sp³-hybridized carbons (Fsp3) is 0.333. The molecule has 0 aromatic carbocycles. The van der Waals surface area contributed by atoms with Crippen molar-refractivity contribution in [2.75, 3.05) is 6.61 Å². The Morgan fingerprint density at radius 3 is 2.87 bits per heavy atom. The first-order valence-corrected chi connectivity index (χ1v) is 4.12. The molecular formula is C9H9F2NO3. The van der Waals surface area contributed by atoms with Crippen molar-refractivity contribution < 1.29 is 23.4 Å². The number of alkyl halides is 2. The van der Waals surface area contributed by atoms with Gasteiger partial charge in [-0.3, -0.25) is 0 Å². The number of halogens is 2. The van der Waals surface area contributed by atoms with Gasteiger partial charge in [0.05, 0.1) is 0 Å². The highest BCUT2D eigenvalue weighted by molar-refractivity contribution is 5.91. The van der Waals surface area contributed by atoms with Crippen LogP contribution >= 0.6 is 0 Å². The average molecular weight is 217 g/mol. The molecule has 0 atom stereocenters. The van der Waals surface area contributed by atoms with E-state index in [1.165, 1.54) is 12.3 Å². The monoisotopic (exact) mass is 217 g/mol. The van der Waals surface area contributed by atoms with E-state index in [-0.39, 0.29) is 11.4 Å². The zero-order valence-corrected chi connectivity index (χ0v) is 7.91. The van der Waals surface area contributed by atoms with Crippen LogP contribution in [0.3, 0.4) is 0 Å². The number of aromatic nitrogens is 1. The number of aromatic carboxylic acids is 1. The number of carboxylic acids is 1. The molecule has 0 saturated heterocycles. The van der Waals surface area contributed by atoms with Gasteiger partial charge in [-0.05, 0) is 18.6 Å². The summed E-state index contributed by atoms with van der Waals surface area (Å²) in [4.78, 5) is 14.4. The Hall–Kier alpha value is -1.72. The lowest BCUT2D eigenvalue weighted by Gasteiger charge is -2.08. The molecule has 6 heteroatoms. The Balaban J connectivity index is 2.96. The molecular weight excluding hydrogens is 208 g/mol. The minimum Gasteiger partial charge on any atom is -0.477 e. The Kier molecular flexibility index (Phi) is 3.54. The van der Waals surface area contributed by atoms with Crippen LogP contribution in [0.5, 0.6) is 5.88 Å². The SMILES string of the molecule is Cc1ccnc(OCC(F)F)c1C(=O)O. The lowest BCUT2D eigenvalue weighted by atomic mass is 10.1. The van der Waals surface area contributed by atoms with E-state index in [0.717, 1.165) is 0 Å². The Bertz CT molecular complexity index is 368. The van der Waals surface area contributed by atoms with Gasteiger partial charge in [-0.2, -0.15) is 0 Å². The van der Waals surface area contributed by atoms with Crippen molar-refractivity contribution in [2.24, 2.45) is 0 Å². The molecule has 0 aliphatic rings. The van der Waals surface area contributed by atoms with E-state index in [1.807, 2.05) is 0 Å². The van der Waals surface area contributed by atoms with Crippen molar-refractivity contribution in [3.63, 3.8) is 0 Å². The Morgan fingerprint density at radius 2 is 2.33 bits per heavy atom. The summed E-state index contributed by atoms with van der Waals surface area (Å²) >= 11 is 0. The van der Waals surface area contributed by atoms with Gasteiger partial charge in [0.1, 0.15) is 5.56 Å². The highest BCUT2D eigenvalue weighted by atomic mass is 19.3. The van der Waals surface area contributed by atoms with E-state index in [0.29, 0.717) is 5.56 Å². The molecule has 0 bridgehead atoms. The van der Waals surface area contributed by atoms with Crippen LogP contribution in [0.15, 0.2) is 12.3 Å². The van der Waals surface area contributed by atoms with Crippen LogP contribution in [-0.4, -0.2) is 29.1 Å². The molecule has 1 heterocycles. The van der Waals surface area contributed by atoms with Gasteiger partial charge < -0.3 is 9.84 Å². The largest absolute Gasteiger partial charge is 0.477 e. The predicted octanol–water partition coefficient (Wildman–Crippen LogP) is 1.73. The molecule has 1 N–H and O–H groups in total. The summed E-state index contributed by atoms with van der Waals surface area (Å²) in [6.45, 7) is 0.678. The van der Waals surface area contributed by atoms with Gasteiger partial charge in [-0.25, -0.2) is 18.6 Å². The van der Waals surface area contributed by atoms with Gasteiger partial charge in [-0.15, -0.1) is 0 Å². The predicted molar refractivity (Wildman–Crippen MR) is 47.4 cm³/mol. The van der Waals surface area contributed by atoms with E-state index in [2.05, 4.69) is 9.72 Å². The number of hydrogen-bond donors (Lipinski definition) is 1. The maximum Gasteiger partial charge on any atom is 0.341 e. The maximum atomic E-state index is 11.9. The molecule has 0 fully saturated rings. The number of pyridine rings is 1. The van der Waals surface area contributed by atoms with Crippen LogP contribution in [0.1, 0.15) is 15.9 Å². The van der Waals surface area contributed by atoms with Gasteiger partial charge in [0.25, 0.3) is 6.43 Å². The Morgan fingerprint density at radius 1 is 1.67 bits per heavy atom. The zero-order valence-electron chi connectivity index (χ0n) is 7.91. The first kappa shape index (κ1) is 11.4. The van der Waals surface area contributed by atoms with E-state index >= 15 is 0 Å². The van der Waals surface area contributed by atoms with E-state index in [9.17, 15) is 13.6 Å². The topological polar surface area (TPSA) is 59.4 Å². The van der Waals surface area contributed by atoms with Crippen molar-refractivity contribution >= 4 is 5.97 Å². The van der Waals surface area contributed by atoms with Crippen LogP contribution in [0, 0.1) is 6.92 Å². The second-order valence-corrected chi connectivity index (χ2v) is 2.82. The normalized spacial score (nSPS) is 10.4. The molecule has 0 amide bonds. The van der Waals surface area contributed by atoms with Gasteiger partial charge in [0.2, 0.25) is 5.88 Å². The highest BCUT2D eigenvalue weighted by Gasteiger charge is 2.16. The summed E-state index contributed by atoms with van der Waals surface area (Å²) in [6, 6.07) is 1.47. The van der Waals surface area contributed by atoms with Crippen molar-refractivity contribution in [3.8, 4) is 5.88 Å². The van der Waals surface area contributed by atoms with Crippen molar-refractivity contribution in [2.45, 2.75) is 13.3 Å². The summed E-state index contributed by atoms with van der Waals surface area (Å²) < 4.78 is 28.3. The summed E-state index contributed by atoms with van der Waals surface area (Å²) in [6.07, 6.45) is -1.35. The quantitative estimate of drug-likeness (QED) is 0.834. The van der Waals surface area contributed by atoms with Crippen molar-refractivity contribution in [1.29, 1.82) is 0 Å². The summed E-state index contributed by atoms with van der Waals surface area (Å²) in [5.41, 5.74) is 0.236. The lowest BCUT2D eigenvalue weighted by Crippen LogP contribution is -2.12. The standard InChI is InChI=1S/C9H9F2NO3/c1-5-2-3-12-8(7(5)9(13)14)15-4-6(10)11/h2-3,6H,4H2,1H3,(H,13,14). The second kappa shape index (κ2) is 4.68. The molecule has 82 valence electrons. The van der Waals surface area contributed by atoms with Crippen LogP contribution in [0.2, 0.25) is 0 Å². The molecule has 0 aliphatic heterocycles. The van der Waals surface area contributed by atoms with Crippen LogP contribution in [0.25, 0.3) is 0 Å². The van der Waals surface area contributed by atoms with E-state index in [1.54, 1.807) is 6.92 Å². The van der Waals surface area contributed by atoms with Gasteiger partial charge >= 0.3 is 5.97 Å². The molecule has 0 aliphatic carbocycles. The number of ether oxygens (including phenoxy) is 1. The van der Waals surface area contributed by atoms with E-state index in [4.69, 9.17) is 5.11 Å². The molecule has 0 unspecified atom stereocenters. The number of nitrogens with zero attached hydrogens (tertiary/aromatic N) is 1. The number of rotatable bonds is 4. The molecule has 1 rings (SSSR count). The molecule has 0 saturated carbocycles. The first-order chi connectivity index (χ1) is 7.02. The maximum absolute atomic E-state index is 11.9. The van der Waals surface area contributed by atoms with E-state index < -0.39 is 19.0 Å². The molecule has 15 heavy (non-hydrogen) atoms. The third-order valence-electron chi connectivity index (χ3n) is 1.68. The van der Waals surface area contributed by atoms with Gasteiger partial charge in [0, 0.05) is 6.20 Å². The number of carbonyl (C=O) groups is 1. The fourth-order valence-corrected chi connectivity index (χ4v) is 1.04. The third kappa shape index (κ3) is 2.87. The van der Waals surface area contributed by atoms with Crippen LogP contribution in [-0.2, 0) is 0 Å². The van der Waals surface area contributed by atoms with Crippen LogP contribution < -0.4 is 4.74 Å². The molecule has 1 aromatic heterocycles. The first-order valence-electron chi connectivity index (χ1n) is 4.12. The summed E-state index contributed by atoms with van der Waals surface area (Å²) in [5, 5.41) is 8.80. The number of hydrogen-bond acceptors (Lipinski definition) is 3. The third-order valence-corrected chi connectivity index (χ3v) is 1.68. The second-order valence-electron chi connectivity index (χ2n) is 2.82. The zero-order chi connectivity index (χ0) is 11.4. The van der Waals surface area contributed by atoms with Crippen molar-refractivity contribution in [1.82, 2.24) is 4.98 Å².